The molecule has 2 amide bonds. The molecular weight excluding hydrogens is 522 g/mol. The van der Waals surface area contributed by atoms with Gasteiger partial charge in [0.05, 0.1) is 41.5 Å². The molecule has 1 spiro atoms. The van der Waals surface area contributed by atoms with E-state index in [1.165, 1.54) is 0 Å². The zero-order valence-electron chi connectivity index (χ0n) is 22.7. The molecule has 3 aliphatic heterocycles. The Bertz CT molecular complexity index is 1230. The van der Waals surface area contributed by atoms with Crippen LogP contribution in [0.5, 0.6) is 0 Å². The number of halogens is 1. The molecule has 3 saturated heterocycles. The Morgan fingerprint density at radius 2 is 1.90 bits per heavy atom. The lowest BCUT2D eigenvalue weighted by atomic mass is 9.77. The second-order valence-electron chi connectivity index (χ2n) is 11.6. The predicted octanol–water partition coefficient (Wildman–Crippen LogP) is 3.98. The molecule has 5 heterocycles. The summed E-state index contributed by atoms with van der Waals surface area (Å²) < 4.78 is 5.51. The van der Waals surface area contributed by atoms with E-state index >= 15 is 0 Å². The Kier molecular flexibility index (Phi) is 7.56. The van der Waals surface area contributed by atoms with Crippen LogP contribution in [0, 0.1) is 5.41 Å². The van der Waals surface area contributed by atoms with Crippen LogP contribution in [0.25, 0.3) is 0 Å². The zero-order chi connectivity index (χ0) is 27.8. The van der Waals surface area contributed by atoms with Gasteiger partial charge in [0.1, 0.15) is 10.6 Å². The maximum atomic E-state index is 13.6. The van der Waals surface area contributed by atoms with E-state index < -0.39 is 17.1 Å². The first-order chi connectivity index (χ1) is 18.5. The number of β-amino-alcohol motifs (C(OH)–C–C–N with tert-alkyl or cyclic N) is 1. The van der Waals surface area contributed by atoms with Gasteiger partial charge >= 0.3 is 6.09 Å². The Labute approximate surface area is 233 Å². The van der Waals surface area contributed by atoms with Crippen LogP contribution in [-0.2, 0) is 9.53 Å². The average molecular weight is 558 g/mol. The number of ether oxygens (including phenoxy) is 1. The number of likely N-dealkylation sites (tertiary alicyclic amines) is 1. The molecule has 210 valence electrons. The van der Waals surface area contributed by atoms with Gasteiger partial charge in [-0.05, 0) is 58.9 Å². The standard InChI is InChI=1S/C27H36ClN7O4/c1-26(2,3)39-25(38)33-10-6-27(7-11-33)8-12-35(23(27)37)19-13-18(14-29-15-19)31-24-30-16-21(28)22(32-24)34-9-4-5-20(36)17-34/h13-16,20,36H,4-12,17H2,1-3H3,(H,30,31,32)/t20-/m1/s1. The van der Waals surface area contributed by atoms with Crippen molar-refractivity contribution in [3.05, 3.63) is 29.7 Å². The highest BCUT2D eigenvalue weighted by atomic mass is 35.5. The van der Waals surface area contributed by atoms with Crippen molar-refractivity contribution in [2.75, 3.05) is 47.8 Å². The molecule has 12 heteroatoms. The number of nitrogens with zero attached hydrogens (tertiary/aromatic N) is 6. The van der Waals surface area contributed by atoms with Gasteiger partial charge in [-0.1, -0.05) is 11.6 Å². The van der Waals surface area contributed by atoms with Crippen LogP contribution in [0.2, 0.25) is 5.02 Å². The molecule has 0 unspecified atom stereocenters. The van der Waals surface area contributed by atoms with Crippen molar-refractivity contribution in [2.45, 2.75) is 64.6 Å². The predicted molar refractivity (Wildman–Crippen MR) is 148 cm³/mol. The summed E-state index contributed by atoms with van der Waals surface area (Å²) in [7, 11) is 0. The number of rotatable bonds is 4. The Balaban J connectivity index is 1.25. The van der Waals surface area contributed by atoms with Gasteiger partial charge in [0.2, 0.25) is 11.9 Å². The number of amides is 2. The first-order valence-electron chi connectivity index (χ1n) is 13.5. The van der Waals surface area contributed by atoms with Gasteiger partial charge in [0.25, 0.3) is 0 Å². The number of aromatic nitrogens is 3. The Hall–Kier alpha value is -3.18. The summed E-state index contributed by atoms with van der Waals surface area (Å²) in [4.78, 5) is 44.8. The fraction of sp³-hybridized carbons (Fsp3) is 0.593. The molecule has 0 radical (unpaired) electrons. The molecule has 2 aromatic heterocycles. The quantitative estimate of drug-likeness (QED) is 0.574. The van der Waals surface area contributed by atoms with Crippen LogP contribution in [-0.4, -0.2) is 81.4 Å². The largest absolute Gasteiger partial charge is 0.444 e. The summed E-state index contributed by atoms with van der Waals surface area (Å²) in [6.45, 7) is 8.38. The minimum absolute atomic E-state index is 0.0685. The summed E-state index contributed by atoms with van der Waals surface area (Å²) in [5.74, 6) is 0.998. The second-order valence-corrected chi connectivity index (χ2v) is 12.0. The van der Waals surface area contributed by atoms with Gasteiger partial charge in [-0.15, -0.1) is 0 Å². The smallest absolute Gasteiger partial charge is 0.410 e. The molecule has 3 fully saturated rings. The molecule has 0 bridgehead atoms. The number of nitrogens with one attached hydrogen (secondary N) is 1. The molecule has 39 heavy (non-hydrogen) atoms. The summed E-state index contributed by atoms with van der Waals surface area (Å²) in [6, 6.07) is 1.86. The Morgan fingerprint density at radius 1 is 1.15 bits per heavy atom. The molecule has 1 atom stereocenters. The first-order valence-corrected chi connectivity index (χ1v) is 13.9. The van der Waals surface area contributed by atoms with Crippen molar-refractivity contribution >= 4 is 46.7 Å². The maximum absolute atomic E-state index is 13.6. The third kappa shape index (κ3) is 6.04. The maximum Gasteiger partial charge on any atom is 0.410 e. The topological polar surface area (TPSA) is 124 Å². The third-order valence-electron chi connectivity index (χ3n) is 7.60. The minimum Gasteiger partial charge on any atom is -0.444 e. The van der Waals surface area contributed by atoms with Gasteiger partial charge in [-0.25, -0.2) is 9.78 Å². The second kappa shape index (κ2) is 10.8. The van der Waals surface area contributed by atoms with E-state index in [1.807, 2.05) is 31.7 Å². The number of aliphatic hydroxyl groups excluding tert-OH is 1. The van der Waals surface area contributed by atoms with Gasteiger partial charge in [-0.2, -0.15) is 4.98 Å². The number of aliphatic hydroxyl groups is 1. The lowest BCUT2D eigenvalue weighted by Gasteiger charge is -2.38. The summed E-state index contributed by atoms with van der Waals surface area (Å²) in [5.41, 5.74) is 0.319. The Morgan fingerprint density at radius 3 is 2.62 bits per heavy atom. The molecule has 0 aliphatic carbocycles. The van der Waals surface area contributed by atoms with E-state index in [0.717, 1.165) is 25.8 Å². The molecule has 2 N–H and O–H groups in total. The highest BCUT2D eigenvalue weighted by Gasteiger charge is 2.49. The number of piperidine rings is 2. The molecule has 0 aromatic carbocycles. The van der Waals surface area contributed by atoms with Crippen LogP contribution >= 0.6 is 11.6 Å². The van der Waals surface area contributed by atoms with Gasteiger partial charge < -0.3 is 29.9 Å². The molecule has 5 rings (SSSR count). The van der Waals surface area contributed by atoms with Gasteiger partial charge in [-0.3, -0.25) is 9.78 Å². The monoisotopic (exact) mass is 557 g/mol. The van der Waals surface area contributed by atoms with E-state index in [4.69, 9.17) is 16.3 Å². The van der Waals surface area contributed by atoms with Gasteiger partial charge in [0, 0.05) is 32.7 Å². The molecule has 0 saturated carbocycles. The van der Waals surface area contributed by atoms with Crippen molar-refractivity contribution in [1.29, 1.82) is 0 Å². The van der Waals surface area contributed by atoms with E-state index in [9.17, 15) is 14.7 Å². The van der Waals surface area contributed by atoms with Crippen molar-refractivity contribution in [3.8, 4) is 0 Å². The van der Waals surface area contributed by atoms with E-state index in [0.29, 0.717) is 67.2 Å². The number of pyridine rings is 1. The fourth-order valence-electron chi connectivity index (χ4n) is 5.53. The van der Waals surface area contributed by atoms with Crippen LogP contribution < -0.4 is 15.1 Å². The van der Waals surface area contributed by atoms with Crippen molar-refractivity contribution in [1.82, 2.24) is 19.9 Å². The molecular formula is C27H36ClN7O4. The highest BCUT2D eigenvalue weighted by Crippen LogP contribution is 2.43. The zero-order valence-corrected chi connectivity index (χ0v) is 23.4. The van der Waals surface area contributed by atoms with Crippen LogP contribution in [0.15, 0.2) is 24.7 Å². The lowest BCUT2D eigenvalue weighted by molar-refractivity contribution is -0.128. The third-order valence-corrected chi connectivity index (χ3v) is 7.86. The fourth-order valence-corrected chi connectivity index (χ4v) is 5.75. The average Bonchev–Trinajstić information content (AvgIpc) is 3.20. The van der Waals surface area contributed by atoms with Crippen LogP contribution in [0.3, 0.4) is 0 Å². The van der Waals surface area contributed by atoms with E-state index in [2.05, 4.69) is 20.3 Å². The van der Waals surface area contributed by atoms with Crippen LogP contribution in [0.1, 0.15) is 52.9 Å². The summed E-state index contributed by atoms with van der Waals surface area (Å²) in [6.07, 6.45) is 7.72. The first kappa shape index (κ1) is 27.4. The number of anilines is 4. The summed E-state index contributed by atoms with van der Waals surface area (Å²) >= 11 is 6.37. The number of hydrogen-bond donors (Lipinski definition) is 2. The number of carbonyl (C=O) groups excluding carboxylic acids is 2. The molecule has 11 nitrogen and oxygen atoms in total. The van der Waals surface area contributed by atoms with Crippen LogP contribution in [0.4, 0.5) is 27.9 Å². The molecule has 3 aliphatic rings. The minimum atomic E-state index is -0.549. The van der Waals surface area contributed by atoms with E-state index in [1.54, 1.807) is 28.4 Å². The normalized spacial score (nSPS) is 21.4. The van der Waals surface area contributed by atoms with E-state index in [-0.39, 0.29) is 12.0 Å². The van der Waals surface area contributed by atoms with Crippen molar-refractivity contribution in [3.63, 3.8) is 0 Å². The van der Waals surface area contributed by atoms with Crippen molar-refractivity contribution in [2.24, 2.45) is 5.41 Å². The van der Waals surface area contributed by atoms with Crippen molar-refractivity contribution < 1.29 is 19.4 Å². The molecule has 2 aromatic rings. The number of hydrogen-bond acceptors (Lipinski definition) is 9. The highest BCUT2D eigenvalue weighted by molar-refractivity contribution is 6.32. The SMILES string of the molecule is CC(C)(C)OC(=O)N1CCC2(CC1)CCN(c1cncc(Nc3ncc(Cl)c(N4CCC[C@@H](O)C4)n3)c1)C2=O. The number of carbonyl (C=O) groups is 2. The summed E-state index contributed by atoms with van der Waals surface area (Å²) in [5, 5.41) is 13.7. The van der Waals surface area contributed by atoms with Gasteiger partial charge in [0.15, 0.2) is 5.82 Å². The lowest BCUT2D eigenvalue weighted by Crippen LogP contribution is -2.48.